The average molecular weight is 529 g/mol. The topological polar surface area (TPSA) is 145 Å². The first-order valence-electron chi connectivity index (χ1n) is 13.5. The SMILES string of the molecule is C[C@@H](O)C(=O)CCCCC[C@@H]1NC(=O)C2CCCN2C(=O)[C@H](Cc2ccccc2)NC(=O)C(C)(C)NC1=O. The van der Waals surface area contributed by atoms with E-state index >= 15 is 0 Å². The zero-order valence-corrected chi connectivity index (χ0v) is 22.5. The molecular weight excluding hydrogens is 488 g/mol. The number of carbonyl (C=O) groups excluding carboxylic acids is 5. The van der Waals surface area contributed by atoms with E-state index in [2.05, 4.69) is 16.0 Å². The van der Waals surface area contributed by atoms with Gasteiger partial charge in [-0.3, -0.25) is 24.0 Å². The van der Waals surface area contributed by atoms with E-state index in [1.807, 2.05) is 30.3 Å². The Balaban J connectivity index is 1.78. The van der Waals surface area contributed by atoms with Crippen molar-refractivity contribution < 1.29 is 29.1 Å². The first-order valence-corrected chi connectivity index (χ1v) is 13.5. The number of nitrogens with zero attached hydrogens (tertiary/aromatic N) is 1. The van der Waals surface area contributed by atoms with Crippen LogP contribution in [0.4, 0.5) is 0 Å². The van der Waals surface area contributed by atoms with Crippen molar-refractivity contribution in [2.75, 3.05) is 6.54 Å². The highest BCUT2D eigenvalue weighted by atomic mass is 16.3. The number of fused-ring (bicyclic) bond motifs is 1. The first-order chi connectivity index (χ1) is 18.0. The van der Waals surface area contributed by atoms with Gasteiger partial charge in [0, 0.05) is 19.4 Å². The van der Waals surface area contributed by atoms with Gasteiger partial charge < -0.3 is 26.0 Å². The van der Waals surface area contributed by atoms with Gasteiger partial charge in [0.2, 0.25) is 23.6 Å². The second-order valence-corrected chi connectivity index (χ2v) is 10.8. The molecule has 4 N–H and O–H groups in total. The molecule has 10 nitrogen and oxygen atoms in total. The smallest absolute Gasteiger partial charge is 0.246 e. The highest BCUT2D eigenvalue weighted by Crippen LogP contribution is 2.21. The molecule has 0 aliphatic carbocycles. The number of amides is 4. The Labute approximate surface area is 223 Å². The van der Waals surface area contributed by atoms with E-state index in [1.54, 1.807) is 13.8 Å². The van der Waals surface area contributed by atoms with Crippen LogP contribution in [0.5, 0.6) is 0 Å². The molecule has 4 amide bonds. The predicted octanol–water partition coefficient (Wildman–Crippen LogP) is 0.999. The lowest BCUT2D eigenvalue weighted by molar-refractivity contribution is -0.144. The average Bonchev–Trinajstić information content (AvgIpc) is 3.36. The van der Waals surface area contributed by atoms with Crippen molar-refractivity contribution >= 4 is 29.4 Å². The number of rotatable bonds is 9. The zero-order valence-electron chi connectivity index (χ0n) is 22.5. The lowest BCUT2D eigenvalue weighted by atomic mass is 9.98. The normalized spacial score (nSPS) is 24.8. The van der Waals surface area contributed by atoms with Crippen molar-refractivity contribution in [1.29, 1.82) is 0 Å². The number of Topliss-reactive ketones (excluding diaryl/α,β-unsaturated/α-hetero) is 1. The van der Waals surface area contributed by atoms with Crippen molar-refractivity contribution in [3.05, 3.63) is 35.9 Å². The first kappa shape index (κ1) is 29.3. The van der Waals surface area contributed by atoms with Gasteiger partial charge in [0.05, 0.1) is 0 Å². The maximum absolute atomic E-state index is 13.6. The second-order valence-electron chi connectivity index (χ2n) is 10.8. The van der Waals surface area contributed by atoms with Gasteiger partial charge in [0.25, 0.3) is 0 Å². The molecule has 2 aliphatic heterocycles. The molecule has 0 aromatic heterocycles. The van der Waals surface area contributed by atoms with Crippen LogP contribution >= 0.6 is 0 Å². The van der Waals surface area contributed by atoms with Crippen molar-refractivity contribution in [3.8, 4) is 0 Å². The van der Waals surface area contributed by atoms with Gasteiger partial charge in [-0.25, -0.2) is 0 Å². The maximum atomic E-state index is 13.6. The quantitative estimate of drug-likeness (QED) is 0.352. The van der Waals surface area contributed by atoms with E-state index in [4.69, 9.17) is 0 Å². The summed E-state index contributed by atoms with van der Waals surface area (Å²) in [6.45, 7) is 4.96. The van der Waals surface area contributed by atoms with Crippen LogP contribution in [-0.4, -0.2) is 75.7 Å². The van der Waals surface area contributed by atoms with Crippen LogP contribution < -0.4 is 16.0 Å². The van der Waals surface area contributed by atoms with Gasteiger partial charge in [-0.2, -0.15) is 0 Å². The fourth-order valence-electron chi connectivity index (χ4n) is 4.91. The van der Waals surface area contributed by atoms with E-state index in [0.717, 1.165) is 5.56 Å². The van der Waals surface area contributed by atoms with Crippen LogP contribution in [-0.2, 0) is 30.4 Å². The van der Waals surface area contributed by atoms with Crippen molar-refractivity contribution in [2.24, 2.45) is 0 Å². The number of unbranched alkanes of at least 4 members (excludes halogenated alkanes) is 2. The summed E-state index contributed by atoms with van der Waals surface area (Å²) in [5.74, 6) is -1.90. The van der Waals surface area contributed by atoms with Gasteiger partial charge in [0.15, 0.2) is 5.78 Å². The van der Waals surface area contributed by atoms with Crippen LogP contribution in [0.1, 0.15) is 71.3 Å². The molecule has 1 aromatic carbocycles. The fourth-order valence-corrected chi connectivity index (χ4v) is 4.91. The van der Waals surface area contributed by atoms with Crippen LogP contribution in [0.15, 0.2) is 30.3 Å². The third-order valence-corrected chi connectivity index (χ3v) is 7.24. The number of hydrogen-bond donors (Lipinski definition) is 4. The van der Waals surface area contributed by atoms with Crippen LogP contribution in [0.25, 0.3) is 0 Å². The summed E-state index contributed by atoms with van der Waals surface area (Å²) >= 11 is 0. The summed E-state index contributed by atoms with van der Waals surface area (Å²) in [7, 11) is 0. The minimum atomic E-state index is -1.33. The van der Waals surface area contributed by atoms with E-state index in [9.17, 15) is 29.1 Å². The lowest BCUT2D eigenvalue weighted by Gasteiger charge is -2.34. The zero-order chi connectivity index (χ0) is 27.9. The van der Waals surface area contributed by atoms with Gasteiger partial charge in [-0.15, -0.1) is 0 Å². The summed E-state index contributed by atoms with van der Waals surface area (Å²) in [4.78, 5) is 66.7. The molecule has 0 saturated carbocycles. The Morgan fingerprint density at radius 2 is 1.74 bits per heavy atom. The van der Waals surface area contributed by atoms with Gasteiger partial charge in [0.1, 0.15) is 29.8 Å². The standard InChI is InChI=1S/C28H40N4O6/c1-18(33)23(34)15-9-5-8-13-20-24(35)31-28(2,3)27(38)30-21(17-19-11-6-4-7-12-19)26(37)32-16-10-14-22(32)25(36)29-20/h4,6-7,11-12,18,20-22,33H,5,8-10,13-17H2,1-3H3,(H,29,36)(H,30,38)(H,31,35)/t18-,20+,21+,22?/m1/s1. The summed E-state index contributed by atoms with van der Waals surface area (Å²) in [6, 6.07) is 6.85. The predicted molar refractivity (Wildman–Crippen MR) is 141 cm³/mol. The molecule has 0 radical (unpaired) electrons. The molecule has 2 heterocycles. The molecule has 3 rings (SSSR count). The van der Waals surface area contributed by atoms with Crippen molar-refractivity contribution in [3.63, 3.8) is 0 Å². The number of carbonyl (C=O) groups is 5. The Morgan fingerprint density at radius 1 is 1.03 bits per heavy atom. The van der Waals surface area contributed by atoms with Crippen LogP contribution in [0.2, 0.25) is 0 Å². The van der Waals surface area contributed by atoms with Gasteiger partial charge in [-0.05, 0) is 52.0 Å². The van der Waals surface area contributed by atoms with E-state index in [-0.39, 0.29) is 30.4 Å². The lowest BCUT2D eigenvalue weighted by Crippen LogP contribution is -2.64. The molecule has 0 bridgehead atoms. The highest BCUT2D eigenvalue weighted by Gasteiger charge is 2.42. The molecule has 2 saturated heterocycles. The molecule has 10 heteroatoms. The van der Waals surface area contributed by atoms with Crippen molar-refractivity contribution in [1.82, 2.24) is 20.9 Å². The summed E-state index contributed by atoms with van der Waals surface area (Å²) in [6.07, 6.45) is 2.72. The Morgan fingerprint density at radius 3 is 2.42 bits per heavy atom. The molecule has 1 unspecified atom stereocenters. The summed E-state index contributed by atoms with van der Waals surface area (Å²) < 4.78 is 0. The minimum absolute atomic E-state index is 0.230. The number of hydrogen-bond acceptors (Lipinski definition) is 6. The number of benzene rings is 1. The Bertz CT molecular complexity index is 1030. The second kappa shape index (κ2) is 13.0. The molecule has 2 fully saturated rings. The van der Waals surface area contributed by atoms with Crippen molar-refractivity contribution in [2.45, 2.75) is 102 Å². The van der Waals surface area contributed by atoms with Gasteiger partial charge >= 0.3 is 0 Å². The summed E-state index contributed by atoms with van der Waals surface area (Å²) in [5.41, 5.74) is -0.460. The van der Waals surface area contributed by atoms with Crippen LogP contribution in [0.3, 0.4) is 0 Å². The molecule has 2 aliphatic rings. The highest BCUT2D eigenvalue weighted by molar-refractivity contribution is 5.99. The third-order valence-electron chi connectivity index (χ3n) is 7.24. The van der Waals surface area contributed by atoms with Crippen LogP contribution in [0, 0.1) is 0 Å². The number of aliphatic hydroxyl groups is 1. The monoisotopic (exact) mass is 528 g/mol. The largest absolute Gasteiger partial charge is 0.386 e. The number of aliphatic hydroxyl groups excluding tert-OH is 1. The molecule has 1 aromatic rings. The summed E-state index contributed by atoms with van der Waals surface area (Å²) in [5, 5.41) is 17.8. The molecule has 4 atom stereocenters. The minimum Gasteiger partial charge on any atom is -0.386 e. The van der Waals surface area contributed by atoms with E-state index in [0.29, 0.717) is 45.1 Å². The molecule has 208 valence electrons. The molecule has 38 heavy (non-hydrogen) atoms. The van der Waals surface area contributed by atoms with Gasteiger partial charge in [-0.1, -0.05) is 43.2 Å². The number of ketones is 1. The fraction of sp³-hybridized carbons (Fsp3) is 0.607. The molecular formula is C28H40N4O6. The van der Waals surface area contributed by atoms with E-state index in [1.165, 1.54) is 11.8 Å². The Hall–Kier alpha value is -3.27. The Kier molecular flexibility index (Phi) is 10.0. The maximum Gasteiger partial charge on any atom is 0.246 e. The number of nitrogens with one attached hydrogen (secondary N) is 3. The molecule has 0 spiro atoms. The van der Waals surface area contributed by atoms with E-state index < -0.39 is 41.6 Å². The third kappa shape index (κ3) is 7.63.